The third-order valence-electron chi connectivity index (χ3n) is 3.23. The first-order chi connectivity index (χ1) is 9.84. The van der Waals surface area contributed by atoms with Crippen LogP contribution in [0.5, 0.6) is 0 Å². The topological polar surface area (TPSA) is 76.3 Å². The number of aromatic nitrogens is 1. The minimum absolute atomic E-state index is 0.0151. The van der Waals surface area contributed by atoms with Crippen molar-refractivity contribution in [2.24, 2.45) is 5.73 Å². The van der Waals surface area contributed by atoms with Crippen LogP contribution in [-0.4, -0.2) is 20.4 Å². The maximum absolute atomic E-state index is 12.6. The SMILES string of the molecule is Cc1cc(C)cc(N(C)S(=O)(=O)c2ccc(CN)cn2)c1. The van der Waals surface area contributed by atoms with Gasteiger partial charge >= 0.3 is 0 Å². The number of nitrogens with two attached hydrogens (primary N) is 1. The molecule has 2 N–H and O–H groups in total. The molecule has 112 valence electrons. The molecular formula is C15H19N3O2S. The van der Waals surface area contributed by atoms with E-state index in [1.807, 2.05) is 32.0 Å². The standard InChI is InChI=1S/C15H19N3O2S/c1-11-6-12(2)8-14(7-11)18(3)21(19,20)15-5-4-13(9-16)10-17-15/h4-8,10H,9,16H2,1-3H3. The summed E-state index contributed by atoms with van der Waals surface area (Å²) in [6.45, 7) is 4.21. The van der Waals surface area contributed by atoms with Crippen LogP contribution in [0.25, 0.3) is 0 Å². The third-order valence-corrected chi connectivity index (χ3v) is 4.93. The molecule has 2 rings (SSSR count). The van der Waals surface area contributed by atoms with Gasteiger partial charge in [0.25, 0.3) is 10.0 Å². The Morgan fingerprint density at radius 3 is 2.24 bits per heavy atom. The molecular weight excluding hydrogens is 286 g/mol. The summed E-state index contributed by atoms with van der Waals surface area (Å²) < 4.78 is 26.4. The molecule has 1 aromatic heterocycles. The molecule has 0 saturated carbocycles. The van der Waals surface area contributed by atoms with Crippen LogP contribution in [0.15, 0.2) is 41.6 Å². The van der Waals surface area contributed by atoms with Gasteiger partial charge in [-0.1, -0.05) is 12.1 Å². The highest BCUT2D eigenvalue weighted by Gasteiger charge is 2.22. The fourth-order valence-electron chi connectivity index (χ4n) is 2.10. The Bertz CT molecular complexity index is 720. The fraction of sp³-hybridized carbons (Fsp3) is 0.267. The average Bonchev–Trinajstić information content (AvgIpc) is 2.45. The second-order valence-corrected chi connectivity index (χ2v) is 6.94. The van der Waals surface area contributed by atoms with E-state index in [1.165, 1.54) is 23.6 Å². The van der Waals surface area contributed by atoms with Gasteiger partial charge in [-0.05, 0) is 48.7 Å². The van der Waals surface area contributed by atoms with E-state index < -0.39 is 10.0 Å². The summed E-state index contributed by atoms with van der Waals surface area (Å²) >= 11 is 0. The van der Waals surface area contributed by atoms with Crippen LogP contribution in [0.1, 0.15) is 16.7 Å². The molecule has 0 unspecified atom stereocenters. The van der Waals surface area contributed by atoms with E-state index in [4.69, 9.17) is 5.73 Å². The number of rotatable bonds is 4. The average molecular weight is 305 g/mol. The van der Waals surface area contributed by atoms with E-state index >= 15 is 0 Å². The molecule has 0 spiro atoms. The lowest BCUT2D eigenvalue weighted by atomic mass is 10.1. The number of hydrogen-bond donors (Lipinski definition) is 1. The summed E-state index contributed by atoms with van der Waals surface area (Å²) in [6.07, 6.45) is 1.49. The van der Waals surface area contributed by atoms with Gasteiger partial charge in [0.1, 0.15) is 0 Å². The molecule has 0 fully saturated rings. The molecule has 0 aliphatic rings. The minimum Gasteiger partial charge on any atom is -0.326 e. The lowest BCUT2D eigenvalue weighted by molar-refractivity contribution is 0.590. The van der Waals surface area contributed by atoms with Crippen molar-refractivity contribution in [3.8, 4) is 0 Å². The third kappa shape index (κ3) is 3.22. The van der Waals surface area contributed by atoms with E-state index in [2.05, 4.69) is 4.98 Å². The molecule has 5 nitrogen and oxygen atoms in total. The summed E-state index contributed by atoms with van der Waals surface area (Å²) in [5.74, 6) is 0. The molecule has 6 heteroatoms. The van der Waals surface area contributed by atoms with E-state index in [9.17, 15) is 8.42 Å². The summed E-state index contributed by atoms with van der Waals surface area (Å²) in [4.78, 5) is 4.00. The van der Waals surface area contributed by atoms with Crippen molar-refractivity contribution in [2.45, 2.75) is 25.4 Å². The minimum atomic E-state index is -3.67. The van der Waals surface area contributed by atoms with Gasteiger partial charge in [-0.15, -0.1) is 0 Å². The van der Waals surface area contributed by atoms with Crippen LogP contribution in [0.3, 0.4) is 0 Å². The molecule has 21 heavy (non-hydrogen) atoms. The van der Waals surface area contributed by atoms with Crippen LogP contribution in [0.2, 0.25) is 0 Å². The lowest BCUT2D eigenvalue weighted by Crippen LogP contribution is -2.27. The van der Waals surface area contributed by atoms with Crippen molar-refractivity contribution >= 4 is 15.7 Å². The van der Waals surface area contributed by atoms with E-state index in [0.29, 0.717) is 12.2 Å². The summed E-state index contributed by atoms with van der Waals surface area (Å²) in [5.41, 5.74) is 8.94. The van der Waals surface area contributed by atoms with Crippen molar-refractivity contribution < 1.29 is 8.42 Å². The molecule has 2 aromatic rings. The smallest absolute Gasteiger partial charge is 0.281 e. The maximum Gasteiger partial charge on any atom is 0.281 e. The molecule has 0 atom stereocenters. The summed E-state index contributed by atoms with van der Waals surface area (Å²) in [6, 6.07) is 8.82. The molecule has 0 aliphatic carbocycles. The Kier molecular flexibility index (Phi) is 4.29. The number of anilines is 1. The van der Waals surface area contributed by atoms with E-state index in [0.717, 1.165) is 16.7 Å². The van der Waals surface area contributed by atoms with Gasteiger partial charge in [0, 0.05) is 19.8 Å². The number of hydrogen-bond acceptors (Lipinski definition) is 4. The molecule has 0 aliphatic heterocycles. The van der Waals surface area contributed by atoms with Crippen LogP contribution in [-0.2, 0) is 16.6 Å². The van der Waals surface area contributed by atoms with Crippen LogP contribution in [0.4, 0.5) is 5.69 Å². The predicted molar refractivity (Wildman–Crippen MR) is 83.6 cm³/mol. The first kappa shape index (κ1) is 15.5. The summed E-state index contributed by atoms with van der Waals surface area (Å²) in [7, 11) is -2.14. The Hall–Kier alpha value is -1.92. The van der Waals surface area contributed by atoms with E-state index in [1.54, 1.807) is 6.07 Å². The molecule has 0 radical (unpaired) electrons. The Labute approximate surface area is 125 Å². The van der Waals surface area contributed by atoms with Gasteiger partial charge in [0.15, 0.2) is 5.03 Å². The lowest BCUT2D eigenvalue weighted by Gasteiger charge is -2.20. The first-order valence-electron chi connectivity index (χ1n) is 6.57. The number of sulfonamides is 1. The molecule has 0 amide bonds. The van der Waals surface area contributed by atoms with Crippen molar-refractivity contribution in [3.63, 3.8) is 0 Å². The summed E-state index contributed by atoms with van der Waals surface area (Å²) in [5, 5.41) is 0.0151. The Morgan fingerprint density at radius 1 is 1.14 bits per heavy atom. The zero-order valence-electron chi connectivity index (χ0n) is 12.4. The normalized spacial score (nSPS) is 11.4. The van der Waals surface area contributed by atoms with Crippen LogP contribution >= 0.6 is 0 Å². The molecule has 1 aromatic carbocycles. The Balaban J connectivity index is 2.41. The quantitative estimate of drug-likeness (QED) is 0.937. The zero-order chi connectivity index (χ0) is 15.6. The second kappa shape index (κ2) is 5.83. The number of pyridine rings is 1. The highest BCUT2D eigenvalue weighted by atomic mass is 32.2. The van der Waals surface area contributed by atoms with Crippen molar-refractivity contribution in [1.29, 1.82) is 0 Å². The molecule has 0 bridgehead atoms. The second-order valence-electron chi connectivity index (χ2n) is 5.03. The number of benzene rings is 1. The molecule has 1 heterocycles. The Morgan fingerprint density at radius 2 is 1.76 bits per heavy atom. The van der Waals surface area contributed by atoms with Gasteiger partial charge in [0.05, 0.1) is 5.69 Å². The number of nitrogens with zero attached hydrogens (tertiary/aromatic N) is 2. The highest BCUT2D eigenvalue weighted by molar-refractivity contribution is 7.92. The van der Waals surface area contributed by atoms with Gasteiger partial charge in [0.2, 0.25) is 0 Å². The van der Waals surface area contributed by atoms with Gasteiger partial charge < -0.3 is 5.73 Å². The van der Waals surface area contributed by atoms with Gasteiger partial charge in [-0.25, -0.2) is 4.98 Å². The largest absolute Gasteiger partial charge is 0.326 e. The first-order valence-corrected chi connectivity index (χ1v) is 8.01. The zero-order valence-corrected chi connectivity index (χ0v) is 13.2. The van der Waals surface area contributed by atoms with Crippen molar-refractivity contribution in [3.05, 3.63) is 53.2 Å². The van der Waals surface area contributed by atoms with Crippen LogP contribution < -0.4 is 10.0 Å². The number of aryl methyl sites for hydroxylation is 2. The monoisotopic (exact) mass is 305 g/mol. The van der Waals surface area contributed by atoms with Gasteiger partial charge in [-0.3, -0.25) is 4.31 Å². The fourth-order valence-corrected chi connectivity index (χ4v) is 3.19. The highest BCUT2D eigenvalue weighted by Crippen LogP contribution is 2.23. The van der Waals surface area contributed by atoms with Crippen LogP contribution in [0, 0.1) is 13.8 Å². The van der Waals surface area contributed by atoms with Gasteiger partial charge in [-0.2, -0.15) is 8.42 Å². The maximum atomic E-state index is 12.6. The predicted octanol–water partition coefficient (Wildman–Crippen LogP) is 1.98. The van der Waals surface area contributed by atoms with E-state index in [-0.39, 0.29) is 5.03 Å². The van der Waals surface area contributed by atoms with Crippen molar-refractivity contribution in [2.75, 3.05) is 11.4 Å². The van der Waals surface area contributed by atoms with Crippen molar-refractivity contribution in [1.82, 2.24) is 4.98 Å². The molecule has 0 saturated heterocycles.